The lowest BCUT2D eigenvalue weighted by atomic mass is 10.1. The highest BCUT2D eigenvalue weighted by molar-refractivity contribution is 5.72. The molecule has 1 N–H and O–H groups in total. The van der Waals surface area contributed by atoms with Gasteiger partial charge in [-0.15, -0.1) is 0 Å². The van der Waals surface area contributed by atoms with Gasteiger partial charge in [0.25, 0.3) is 0 Å². The lowest BCUT2D eigenvalue weighted by Crippen LogP contribution is -2.03. The van der Waals surface area contributed by atoms with Gasteiger partial charge in [-0.3, -0.25) is 4.79 Å². The molecule has 0 aromatic heterocycles. The number of hydrogen-bond acceptors (Lipinski definition) is 3. The fourth-order valence-corrected chi connectivity index (χ4v) is 0.521. The van der Waals surface area contributed by atoms with Gasteiger partial charge < -0.3 is 9.84 Å². The van der Waals surface area contributed by atoms with Crippen LogP contribution in [0, 0.1) is 0 Å². The minimum atomic E-state index is -2.83. The van der Waals surface area contributed by atoms with Gasteiger partial charge in [0, 0.05) is 2.74 Å². The second kappa shape index (κ2) is 3.76. The van der Waals surface area contributed by atoms with Gasteiger partial charge >= 0.3 is 5.97 Å². The topological polar surface area (TPSA) is 46.5 Å². The fraction of sp³-hybridized carbons (Fsp3) is 0.222. The van der Waals surface area contributed by atoms with Crippen LogP contribution in [-0.2, 0) is 15.9 Å². The molecule has 0 unspecified atom stereocenters. The summed E-state index contributed by atoms with van der Waals surface area (Å²) in [4.78, 5) is 11.3. The van der Waals surface area contributed by atoms with Crippen LogP contribution in [0.1, 0.15) is 13.8 Å². The van der Waals surface area contributed by atoms with Crippen LogP contribution < -0.4 is 0 Å². The molecule has 0 saturated carbocycles. The van der Waals surface area contributed by atoms with Crippen LogP contribution >= 0.6 is 0 Å². The van der Waals surface area contributed by atoms with Gasteiger partial charge in [0.1, 0.15) is 5.75 Å². The predicted octanol–water partition coefficient (Wildman–Crippen LogP) is 1.11. The number of esters is 1. The summed E-state index contributed by atoms with van der Waals surface area (Å²) in [7, 11) is 0.941. The molecule has 0 atom stereocenters. The summed E-state index contributed by atoms with van der Waals surface area (Å²) in [5.41, 5.74) is -0.762. The molecule has 0 fully saturated rings. The Balaban J connectivity index is 3.66. The molecule has 0 radical (unpaired) electrons. The van der Waals surface area contributed by atoms with E-state index in [4.69, 9.17) is 8.22 Å². The van der Waals surface area contributed by atoms with Crippen LogP contribution in [0.5, 0.6) is 5.75 Å². The van der Waals surface area contributed by atoms with E-state index in [0.717, 1.165) is 7.11 Å². The van der Waals surface area contributed by atoms with Crippen LogP contribution in [0.3, 0.4) is 0 Å². The first-order valence-corrected chi connectivity index (χ1v) is 3.04. The first kappa shape index (κ1) is 3.47. The smallest absolute Gasteiger partial charge is 0.309 e. The Labute approximate surface area is 79.0 Å². The Kier molecular flexibility index (Phi) is 1.09. The molecular formula is C9H10O3. The Morgan fingerprint density at radius 2 is 2.25 bits per heavy atom. The maximum absolute atomic E-state index is 11.3. The minimum Gasteiger partial charge on any atom is -0.508 e. The third kappa shape index (κ3) is 2.27. The van der Waals surface area contributed by atoms with Crippen molar-refractivity contribution < 1.29 is 22.9 Å². The highest BCUT2D eigenvalue weighted by Crippen LogP contribution is 2.10. The predicted molar refractivity (Wildman–Crippen MR) is 43.8 cm³/mol. The summed E-state index contributed by atoms with van der Waals surface area (Å²) in [5.74, 6) is -2.23. The number of carbonyl (C=O) groups excluding carboxylic acids is 1. The molecule has 0 amide bonds. The Hall–Kier alpha value is -1.51. The number of phenols is 1. The molecule has 0 aliphatic heterocycles. The standard InChI is InChI=1S/C9H10O3/c1-12-9(11)6-7-2-4-8(10)5-3-7/h2-5,10H,6H2,1H3/i2D,3D,4D,5D,6D2. The summed E-state index contributed by atoms with van der Waals surface area (Å²) in [5, 5.41) is 9.30. The number of methoxy groups -OCH3 is 1. The highest BCUT2D eigenvalue weighted by atomic mass is 16.5. The number of ether oxygens (including phenoxy) is 1. The average Bonchev–Trinajstić information content (AvgIpc) is 2.32. The number of benzene rings is 1. The van der Waals surface area contributed by atoms with Crippen molar-refractivity contribution in [3.05, 3.63) is 29.7 Å². The average molecular weight is 172 g/mol. The lowest BCUT2D eigenvalue weighted by molar-refractivity contribution is -0.139. The number of aromatic hydroxyl groups is 1. The number of carbonyl (C=O) groups is 1. The van der Waals surface area contributed by atoms with Gasteiger partial charge in [-0.05, 0) is 17.6 Å². The summed E-state index contributed by atoms with van der Waals surface area (Å²) < 4.78 is 48.9. The molecule has 0 aliphatic rings. The summed E-state index contributed by atoms with van der Waals surface area (Å²) >= 11 is 0. The van der Waals surface area contributed by atoms with Gasteiger partial charge in [0.15, 0.2) is 0 Å². The van der Waals surface area contributed by atoms with Gasteiger partial charge in [-0.1, -0.05) is 12.1 Å². The van der Waals surface area contributed by atoms with Gasteiger partial charge in [0.2, 0.25) is 0 Å². The lowest BCUT2D eigenvalue weighted by Gasteiger charge is -1.99. The van der Waals surface area contributed by atoms with E-state index in [9.17, 15) is 9.90 Å². The third-order valence-electron chi connectivity index (χ3n) is 1.02. The molecular weight excluding hydrogens is 156 g/mol. The van der Waals surface area contributed by atoms with E-state index in [0.29, 0.717) is 0 Å². The molecule has 0 aliphatic carbocycles. The molecule has 1 aromatic rings. The van der Waals surface area contributed by atoms with Crippen molar-refractivity contribution in [3.8, 4) is 5.75 Å². The first-order chi connectivity index (χ1) is 8.16. The van der Waals surface area contributed by atoms with E-state index in [-0.39, 0.29) is 0 Å². The number of rotatable bonds is 2. The van der Waals surface area contributed by atoms with E-state index in [1.165, 1.54) is 0 Å². The zero-order valence-electron chi connectivity index (χ0n) is 12.3. The van der Waals surface area contributed by atoms with Crippen LogP contribution in [0.15, 0.2) is 24.2 Å². The Morgan fingerprint density at radius 1 is 1.67 bits per heavy atom. The number of hydrogen-bond donors (Lipinski definition) is 1. The molecule has 0 saturated heterocycles. The van der Waals surface area contributed by atoms with Crippen LogP contribution in [-0.4, -0.2) is 18.2 Å². The van der Waals surface area contributed by atoms with Crippen molar-refractivity contribution in [2.24, 2.45) is 0 Å². The van der Waals surface area contributed by atoms with Crippen molar-refractivity contribution in [1.29, 1.82) is 0 Å². The minimum absolute atomic E-state index is 0.762. The molecule has 0 spiro atoms. The van der Waals surface area contributed by atoms with Crippen molar-refractivity contribution in [3.63, 3.8) is 0 Å². The molecule has 64 valence electrons. The Bertz CT molecular complexity index is 485. The molecule has 12 heavy (non-hydrogen) atoms. The summed E-state index contributed by atoms with van der Waals surface area (Å²) in [6.45, 7) is 0. The van der Waals surface area contributed by atoms with Gasteiger partial charge in [0.05, 0.1) is 19.0 Å². The highest BCUT2D eigenvalue weighted by Gasteiger charge is 2.01. The van der Waals surface area contributed by atoms with E-state index < -0.39 is 47.8 Å². The SMILES string of the molecule is [2H]c1c([2H])c(C([2H])([2H])C(=O)OC)c([2H])c([2H])c1O. The number of phenolic OH excluding ortho intramolecular Hbond substituents is 1. The molecule has 3 nitrogen and oxygen atoms in total. The van der Waals surface area contributed by atoms with Gasteiger partial charge in [-0.2, -0.15) is 0 Å². The maximum Gasteiger partial charge on any atom is 0.309 e. The molecule has 0 bridgehead atoms. The largest absolute Gasteiger partial charge is 0.508 e. The summed E-state index contributed by atoms with van der Waals surface area (Å²) in [6.07, 6.45) is -2.83. The Morgan fingerprint density at radius 3 is 2.75 bits per heavy atom. The van der Waals surface area contributed by atoms with Gasteiger partial charge in [-0.25, -0.2) is 0 Å². The van der Waals surface area contributed by atoms with E-state index in [1.54, 1.807) is 0 Å². The second-order valence-corrected chi connectivity index (χ2v) is 1.84. The van der Waals surface area contributed by atoms with Crippen molar-refractivity contribution >= 4 is 5.97 Å². The van der Waals surface area contributed by atoms with Crippen LogP contribution in [0.2, 0.25) is 0 Å². The summed E-state index contributed by atoms with van der Waals surface area (Å²) in [6, 6.07) is -3.25. The fourth-order valence-electron chi connectivity index (χ4n) is 0.521. The molecule has 0 heterocycles. The van der Waals surface area contributed by atoms with Crippen LogP contribution in [0.25, 0.3) is 0 Å². The molecule has 1 aromatic carbocycles. The second-order valence-electron chi connectivity index (χ2n) is 1.84. The van der Waals surface area contributed by atoms with E-state index >= 15 is 0 Å². The van der Waals surface area contributed by atoms with Crippen molar-refractivity contribution in [1.82, 2.24) is 0 Å². The monoisotopic (exact) mass is 172 g/mol. The normalized spacial score (nSPS) is 17.8. The quantitative estimate of drug-likeness (QED) is 0.680. The van der Waals surface area contributed by atoms with Crippen LogP contribution in [0.4, 0.5) is 0 Å². The molecule has 1 rings (SSSR count). The first-order valence-electron chi connectivity index (χ1n) is 6.04. The van der Waals surface area contributed by atoms with Crippen molar-refractivity contribution in [2.45, 2.75) is 6.37 Å². The van der Waals surface area contributed by atoms with E-state index in [1.807, 2.05) is 0 Å². The third-order valence-corrected chi connectivity index (χ3v) is 1.02. The molecule has 3 heteroatoms. The van der Waals surface area contributed by atoms with E-state index in [2.05, 4.69) is 4.74 Å². The zero-order chi connectivity index (χ0) is 14.2. The zero-order valence-corrected chi connectivity index (χ0v) is 6.26. The maximum atomic E-state index is 11.3. The van der Waals surface area contributed by atoms with Crippen molar-refractivity contribution in [2.75, 3.05) is 7.11 Å².